The van der Waals surface area contributed by atoms with Crippen molar-refractivity contribution in [3.63, 3.8) is 0 Å². The number of nitrogens with zero attached hydrogens (tertiary/aromatic N) is 7. The first-order valence-corrected chi connectivity index (χ1v) is 13.0. The van der Waals surface area contributed by atoms with E-state index in [1.165, 1.54) is 11.8 Å². The molecule has 12 nitrogen and oxygen atoms in total. The lowest BCUT2D eigenvalue weighted by Gasteiger charge is -2.31. The predicted octanol–water partition coefficient (Wildman–Crippen LogP) is 2.03. The van der Waals surface area contributed by atoms with Crippen LogP contribution in [0.15, 0.2) is 40.4 Å². The number of benzene rings is 1. The van der Waals surface area contributed by atoms with E-state index in [1.54, 1.807) is 0 Å². The molecule has 38 heavy (non-hydrogen) atoms. The number of anilines is 3. The van der Waals surface area contributed by atoms with Gasteiger partial charge in [0.1, 0.15) is 22.6 Å². The van der Waals surface area contributed by atoms with Gasteiger partial charge in [-0.3, -0.25) is 9.69 Å². The highest BCUT2D eigenvalue weighted by molar-refractivity contribution is 5.90. The fraction of sp³-hybridized carbons (Fsp3) is 0.462. The van der Waals surface area contributed by atoms with Crippen molar-refractivity contribution in [2.24, 2.45) is 28.5 Å². The van der Waals surface area contributed by atoms with E-state index in [0.717, 1.165) is 64.0 Å². The molecule has 0 radical (unpaired) electrons. The van der Waals surface area contributed by atoms with Gasteiger partial charge in [0.05, 0.1) is 18.2 Å². The Kier molecular flexibility index (Phi) is 7.65. The minimum absolute atomic E-state index is 0.0620. The molecule has 3 aromatic rings. The molecule has 1 aromatic carbocycles. The van der Waals surface area contributed by atoms with E-state index in [0.29, 0.717) is 41.0 Å². The molecule has 198 valence electrons. The number of H-pyrrole nitrogens is 1. The summed E-state index contributed by atoms with van der Waals surface area (Å²) >= 11 is 0. The largest absolute Gasteiger partial charge is 0.386 e. The fourth-order valence-corrected chi connectivity index (χ4v) is 5.27. The van der Waals surface area contributed by atoms with Crippen molar-refractivity contribution in [1.82, 2.24) is 25.1 Å². The van der Waals surface area contributed by atoms with Gasteiger partial charge in [0.2, 0.25) is 5.95 Å². The van der Waals surface area contributed by atoms with Gasteiger partial charge < -0.3 is 21.8 Å². The summed E-state index contributed by atoms with van der Waals surface area (Å²) in [6.45, 7) is 4.22. The van der Waals surface area contributed by atoms with Crippen LogP contribution in [0.2, 0.25) is 0 Å². The summed E-state index contributed by atoms with van der Waals surface area (Å²) in [7, 11) is 0. The minimum atomic E-state index is -0.357. The van der Waals surface area contributed by atoms with Crippen molar-refractivity contribution in [1.29, 1.82) is 5.26 Å². The van der Waals surface area contributed by atoms with Crippen molar-refractivity contribution in [3.8, 4) is 6.07 Å². The first-order chi connectivity index (χ1) is 18.5. The van der Waals surface area contributed by atoms with Crippen LogP contribution in [-0.4, -0.2) is 57.1 Å². The molecule has 2 fully saturated rings. The average Bonchev–Trinajstić information content (AvgIpc) is 2.95. The number of amidine groups is 1. The molecular weight excluding hydrogens is 482 g/mol. The number of aromatic nitrogens is 4. The van der Waals surface area contributed by atoms with Gasteiger partial charge in [0.15, 0.2) is 0 Å². The van der Waals surface area contributed by atoms with Crippen LogP contribution in [0.1, 0.15) is 37.7 Å². The number of hydrogen-bond acceptors (Lipinski definition) is 10. The maximum absolute atomic E-state index is 12.6. The monoisotopic (exact) mass is 515 g/mol. The third kappa shape index (κ3) is 5.84. The van der Waals surface area contributed by atoms with Crippen molar-refractivity contribution in [2.75, 3.05) is 36.4 Å². The molecule has 2 aliphatic rings. The molecule has 1 unspecified atom stereocenters. The molecule has 12 heteroatoms. The lowest BCUT2D eigenvalue weighted by molar-refractivity contribution is 0.180. The zero-order chi connectivity index (χ0) is 26.5. The van der Waals surface area contributed by atoms with E-state index >= 15 is 0 Å². The molecule has 5 rings (SSSR count). The number of hydrazone groups is 1. The third-order valence-corrected chi connectivity index (χ3v) is 7.39. The second kappa shape index (κ2) is 11.4. The quantitative estimate of drug-likeness (QED) is 0.157. The van der Waals surface area contributed by atoms with Crippen LogP contribution < -0.4 is 27.4 Å². The second-order valence-electron chi connectivity index (χ2n) is 10.1. The van der Waals surface area contributed by atoms with E-state index in [-0.39, 0.29) is 11.5 Å². The summed E-state index contributed by atoms with van der Waals surface area (Å²) in [6.07, 6.45) is 6.21. The molecule has 0 amide bonds. The van der Waals surface area contributed by atoms with E-state index in [4.69, 9.17) is 16.6 Å². The Morgan fingerprint density at radius 2 is 1.97 bits per heavy atom. The number of aromatic amines is 1. The Hall–Kier alpha value is -4.24. The smallest absolute Gasteiger partial charge is 0.277 e. The van der Waals surface area contributed by atoms with Gasteiger partial charge in [0, 0.05) is 31.7 Å². The number of likely N-dealkylation sites (tertiary alicyclic amines) is 1. The third-order valence-electron chi connectivity index (χ3n) is 7.39. The van der Waals surface area contributed by atoms with Gasteiger partial charge >= 0.3 is 0 Å². The van der Waals surface area contributed by atoms with Crippen molar-refractivity contribution in [2.45, 2.75) is 38.6 Å². The van der Waals surface area contributed by atoms with Gasteiger partial charge in [-0.15, -0.1) is 0 Å². The highest BCUT2D eigenvalue weighted by atomic mass is 16.1. The predicted molar refractivity (Wildman–Crippen MR) is 147 cm³/mol. The molecule has 1 atom stereocenters. The first kappa shape index (κ1) is 25.4. The molecule has 0 bridgehead atoms. The highest BCUT2D eigenvalue weighted by Crippen LogP contribution is 2.27. The molecule has 2 aromatic heterocycles. The summed E-state index contributed by atoms with van der Waals surface area (Å²) in [4.78, 5) is 26.4. The van der Waals surface area contributed by atoms with Gasteiger partial charge in [0.25, 0.3) is 5.56 Å². The summed E-state index contributed by atoms with van der Waals surface area (Å²) < 4.78 is 0. The van der Waals surface area contributed by atoms with Crippen molar-refractivity contribution >= 4 is 34.2 Å². The lowest BCUT2D eigenvalue weighted by atomic mass is 9.93. The number of rotatable bonds is 7. The van der Waals surface area contributed by atoms with E-state index < -0.39 is 0 Å². The number of nitrogens with two attached hydrogens (primary N) is 2. The number of piperidine rings is 2. The summed E-state index contributed by atoms with van der Waals surface area (Å²) in [5.74, 6) is 7.18. The van der Waals surface area contributed by atoms with Gasteiger partial charge in [-0.05, 0) is 62.4 Å². The van der Waals surface area contributed by atoms with Crippen LogP contribution >= 0.6 is 0 Å². The minimum Gasteiger partial charge on any atom is -0.386 e. The molecule has 0 spiro atoms. The summed E-state index contributed by atoms with van der Waals surface area (Å²) in [5.41, 5.74) is 7.92. The first-order valence-electron chi connectivity index (χ1n) is 13.0. The molecule has 6 N–H and O–H groups in total. The zero-order valence-electron chi connectivity index (χ0n) is 21.3. The maximum atomic E-state index is 12.6. The van der Waals surface area contributed by atoms with Crippen molar-refractivity contribution in [3.05, 3.63) is 46.4 Å². The van der Waals surface area contributed by atoms with Gasteiger partial charge in [-0.1, -0.05) is 12.1 Å². The zero-order valence-corrected chi connectivity index (χ0v) is 21.3. The Morgan fingerprint density at radius 3 is 2.71 bits per heavy atom. The number of fused-ring (bicyclic) bond motifs is 1. The summed E-state index contributed by atoms with van der Waals surface area (Å²) in [5, 5.41) is 23.1. The van der Waals surface area contributed by atoms with Crippen LogP contribution in [0.5, 0.6) is 0 Å². The Morgan fingerprint density at radius 1 is 1.18 bits per heavy atom. The van der Waals surface area contributed by atoms with E-state index in [9.17, 15) is 10.1 Å². The molecular formula is C26H33N11O. The van der Waals surface area contributed by atoms with E-state index in [1.807, 2.05) is 17.0 Å². The SMILES string of the molecule is N#CC1CCCN(c2nc(Nc3ccc(CN4CCC(C/C(N)=N/N)CC4)cc3)c3c(=O)[nH]ncc3n2)C1. The number of nitriles is 1. The van der Waals surface area contributed by atoms with Gasteiger partial charge in [-0.25, -0.2) is 10.1 Å². The number of nitrogens with one attached hydrogen (secondary N) is 2. The Bertz CT molecular complexity index is 1390. The molecule has 0 saturated carbocycles. The average molecular weight is 516 g/mol. The molecule has 2 saturated heterocycles. The van der Waals surface area contributed by atoms with Crippen LogP contribution in [0, 0.1) is 23.2 Å². The van der Waals surface area contributed by atoms with Crippen LogP contribution in [0.25, 0.3) is 10.9 Å². The highest BCUT2D eigenvalue weighted by Gasteiger charge is 2.24. The molecule has 0 aliphatic carbocycles. The normalized spacial score (nSPS) is 19.4. The van der Waals surface area contributed by atoms with E-state index in [2.05, 4.69) is 48.7 Å². The fourth-order valence-electron chi connectivity index (χ4n) is 5.27. The van der Waals surface area contributed by atoms with Gasteiger partial charge in [-0.2, -0.15) is 20.4 Å². The van der Waals surface area contributed by atoms with Crippen LogP contribution in [0.4, 0.5) is 17.5 Å². The molecule has 2 aliphatic heterocycles. The maximum Gasteiger partial charge on any atom is 0.277 e. The number of hydrogen-bond donors (Lipinski definition) is 4. The van der Waals surface area contributed by atoms with Crippen molar-refractivity contribution < 1.29 is 0 Å². The Labute approximate surface area is 220 Å². The van der Waals surface area contributed by atoms with Crippen LogP contribution in [0.3, 0.4) is 0 Å². The Balaban J connectivity index is 1.29. The standard InChI is InChI=1S/C26H33N11O/c27-13-19-2-1-9-37(16-19)26-32-21-14-30-35-25(38)23(21)24(33-26)31-20-5-3-18(4-6-20)15-36-10-7-17(8-11-36)12-22(28)34-29/h3-6,14,17,19H,1-2,7-12,15-16,29H2,(H2,28,34)(H,35,38)(H,31,32,33). The second-order valence-corrected chi connectivity index (χ2v) is 10.1. The lowest BCUT2D eigenvalue weighted by Crippen LogP contribution is -2.36. The van der Waals surface area contributed by atoms with Crippen LogP contribution in [-0.2, 0) is 6.54 Å². The summed E-state index contributed by atoms with van der Waals surface area (Å²) in [6, 6.07) is 10.5. The topological polar surface area (TPSA) is 178 Å². The molecule has 4 heterocycles.